The molecule has 0 aliphatic carbocycles. The predicted molar refractivity (Wildman–Crippen MR) is 85.1 cm³/mol. The molecular formula is C15H15Cl2NS. The van der Waals surface area contributed by atoms with Crippen LogP contribution in [0.25, 0.3) is 0 Å². The van der Waals surface area contributed by atoms with E-state index in [-0.39, 0.29) is 6.04 Å². The lowest BCUT2D eigenvalue weighted by Gasteiger charge is -2.09. The molecule has 1 unspecified atom stereocenters. The maximum atomic E-state index is 6.15. The summed E-state index contributed by atoms with van der Waals surface area (Å²) in [6.07, 6.45) is 0. The number of hydrogen-bond acceptors (Lipinski definition) is 2. The van der Waals surface area contributed by atoms with E-state index >= 15 is 0 Å². The van der Waals surface area contributed by atoms with Crippen molar-refractivity contribution >= 4 is 35.0 Å². The SMILES string of the molecule is CC(N)c1cccc(SCc2cc(Cl)ccc2Cl)c1. The molecule has 2 N–H and O–H groups in total. The Bertz CT molecular complexity index is 570. The zero-order chi connectivity index (χ0) is 13.8. The lowest BCUT2D eigenvalue weighted by Crippen LogP contribution is -2.04. The molecular weight excluding hydrogens is 297 g/mol. The Labute approximate surface area is 128 Å². The first kappa shape index (κ1) is 14.7. The molecule has 0 fully saturated rings. The second-order valence-electron chi connectivity index (χ2n) is 4.39. The van der Waals surface area contributed by atoms with Gasteiger partial charge in [0.2, 0.25) is 0 Å². The summed E-state index contributed by atoms with van der Waals surface area (Å²) in [6, 6.07) is 13.9. The third-order valence-electron chi connectivity index (χ3n) is 2.79. The molecule has 0 aromatic heterocycles. The number of hydrogen-bond donors (Lipinski definition) is 1. The van der Waals surface area contributed by atoms with Gasteiger partial charge in [-0.25, -0.2) is 0 Å². The molecule has 0 radical (unpaired) electrons. The van der Waals surface area contributed by atoms with Crippen molar-refractivity contribution in [2.24, 2.45) is 5.73 Å². The van der Waals surface area contributed by atoms with Crippen molar-refractivity contribution in [2.45, 2.75) is 23.6 Å². The summed E-state index contributed by atoms with van der Waals surface area (Å²) in [6.45, 7) is 1.98. The zero-order valence-corrected chi connectivity index (χ0v) is 12.9. The van der Waals surface area contributed by atoms with Crippen LogP contribution in [-0.4, -0.2) is 0 Å². The number of rotatable bonds is 4. The summed E-state index contributed by atoms with van der Waals surface area (Å²) in [5.41, 5.74) is 8.07. The van der Waals surface area contributed by atoms with Crippen LogP contribution in [0.5, 0.6) is 0 Å². The van der Waals surface area contributed by atoms with E-state index in [1.54, 1.807) is 17.8 Å². The Morgan fingerprint density at radius 3 is 2.68 bits per heavy atom. The largest absolute Gasteiger partial charge is 0.324 e. The summed E-state index contributed by atoms with van der Waals surface area (Å²) in [5, 5.41) is 1.46. The minimum absolute atomic E-state index is 0.0512. The van der Waals surface area contributed by atoms with E-state index < -0.39 is 0 Å². The smallest absolute Gasteiger partial charge is 0.0447 e. The molecule has 0 spiro atoms. The highest BCUT2D eigenvalue weighted by molar-refractivity contribution is 7.98. The average molecular weight is 312 g/mol. The third kappa shape index (κ3) is 4.15. The quantitative estimate of drug-likeness (QED) is 0.775. The van der Waals surface area contributed by atoms with Gasteiger partial charge in [-0.3, -0.25) is 0 Å². The van der Waals surface area contributed by atoms with Crippen molar-refractivity contribution in [2.75, 3.05) is 0 Å². The highest BCUT2D eigenvalue weighted by atomic mass is 35.5. The Balaban J connectivity index is 2.10. The van der Waals surface area contributed by atoms with Gasteiger partial charge in [0.1, 0.15) is 0 Å². The zero-order valence-electron chi connectivity index (χ0n) is 10.6. The summed E-state index contributed by atoms with van der Waals surface area (Å²) in [5.74, 6) is 0.793. The van der Waals surface area contributed by atoms with Gasteiger partial charge >= 0.3 is 0 Å². The molecule has 0 amide bonds. The van der Waals surface area contributed by atoms with Crippen molar-refractivity contribution < 1.29 is 0 Å². The number of benzene rings is 2. The maximum absolute atomic E-state index is 6.15. The molecule has 0 bridgehead atoms. The molecule has 0 saturated carbocycles. The molecule has 2 aromatic carbocycles. The molecule has 2 rings (SSSR count). The van der Waals surface area contributed by atoms with Gasteiger partial charge in [-0.2, -0.15) is 0 Å². The molecule has 4 heteroatoms. The summed E-state index contributed by atoms with van der Waals surface area (Å²) < 4.78 is 0. The van der Waals surface area contributed by atoms with Gasteiger partial charge in [0.15, 0.2) is 0 Å². The average Bonchev–Trinajstić information content (AvgIpc) is 2.40. The lowest BCUT2D eigenvalue weighted by molar-refractivity contribution is 0.815. The molecule has 2 aromatic rings. The standard InChI is InChI=1S/C15H15Cl2NS/c1-10(18)11-3-2-4-14(8-11)19-9-12-7-13(16)5-6-15(12)17/h2-8,10H,9,18H2,1H3. The third-order valence-corrected chi connectivity index (χ3v) is 4.43. The fourth-order valence-electron chi connectivity index (χ4n) is 1.70. The molecule has 0 heterocycles. The van der Waals surface area contributed by atoms with E-state index in [0.29, 0.717) is 5.02 Å². The predicted octanol–water partition coefficient (Wildman–Crippen LogP) is 5.31. The van der Waals surface area contributed by atoms with E-state index in [1.807, 2.05) is 31.2 Å². The van der Waals surface area contributed by atoms with Crippen LogP contribution in [0.4, 0.5) is 0 Å². The van der Waals surface area contributed by atoms with Crippen molar-refractivity contribution in [3.05, 3.63) is 63.6 Å². The maximum Gasteiger partial charge on any atom is 0.0447 e. The Kier molecular flexibility index (Phi) is 5.17. The van der Waals surface area contributed by atoms with Crippen molar-refractivity contribution in [1.29, 1.82) is 0 Å². The molecule has 100 valence electrons. The lowest BCUT2D eigenvalue weighted by atomic mass is 10.1. The van der Waals surface area contributed by atoms with Gasteiger partial charge in [-0.15, -0.1) is 11.8 Å². The van der Waals surface area contributed by atoms with Crippen molar-refractivity contribution in [3.8, 4) is 0 Å². The Morgan fingerprint density at radius 2 is 1.95 bits per heavy atom. The summed E-state index contributed by atoms with van der Waals surface area (Å²) >= 11 is 13.9. The van der Waals surface area contributed by atoms with E-state index in [1.165, 1.54) is 4.90 Å². The summed E-state index contributed by atoms with van der Waals surface area (Å²) in [7, 11) is 0. The van der Waals surface area contributed by atoms with Crippen molar-refractivity contribution in [1.82, 2.24) is 0 Å². The first-order valence-corrected chi connectivity index (χ1v) is 7.72. The molecule has 0 aliphatic heterocycles. The van der Waals surface area contributed by atoms with Crippen LogP contribution in [0.2, 0.25) is 10.0 Å². The minimum atomic E-state index is 0.0512. The van der Waals surface area contributed by atoms with Gasteiger partial charge in [0, 0.05) is 26.7 Å². The van der Waals surface area contributed by atoms with Crippen LogP contribution in [0.1, 0.15) is 24.1 Å². The van der Waals surface area contributed by atoms with E-state index in [4.69, 9.17) is 28.9 Å². The molecule has 0 aliphatic rings. The van der Waals surface area contributed by atoms with Crippen LogP contribution in [-0.2, 0) is 5.75 Å². The van der Waals surface area contributed by atoms with Crippen LogP contribution in [0.3, 0.4) is 0 Å². The highest BCUT2D eigenvalue weighted by Crippen LogP contribution is 2.29. The monoisotopic (exact) mass is 311 g/mol. The highest BCUT2D eigenvalue weighted by Gasteiger charge is 2.04. The van der Waals surface area contributed by atoms with Gasteiger partial charge in [-0.1, -0.05) is 35.3 Å². The second kappa shape index (κ2) is 6.67. The van der Waals surface area contributed by atoms with Crippen LogP contribution < -0.4 is 5.73 Å². The number of halogens is 2. The first-order chi connectivity index (χ1) is 9.06. The first-order valence-electron chi connectivity index (χ1n) is 5.98. The topological polar surface area (TPSA) is 26.0 Å². The molecule has 19 heavy (non-hydrogen) atoms. The van der Waals surface area contributed by atoms with Crippen LogP contribution in [0.15, 0.2) is 47.4 Å². The Morgan fingerprint density at radius 1 is 1.16 bits per heavy atom. The Hall–Kier alpha value is -0.670. The van der Waals surface area contributed by atoms with Gasteiger partial charge in [-0.05, 0) is 48.4 Å². The minimum Gasteiger partial charge on any atom is -0.324 e. The molecule has 0 saturated heterocycles. The number of thioether (sulfide) groups is 1. The number of nitrogens with two attached hydrogens (primary N) is 1. The van der Waals surface area contributed by atoms with E-state index in [2.05, 4.69) is 12.1 Å². The van der Waals surface area contributed by atoms with E-state index in [9.17, 15) is 0 Å². The van der Waals surface area contributed by atoms with Crippen LogP contribution >= 0.6 is 35.0 Å². The van der Waals surface area contributed by atoms with Gasteiger partial charge in [0.05, 0.1) is 0 Å². The van der Waals surface area contributed by atoms with Gasteiger partial charge < -0.3 is 5.73 Å². The fourth-order valence-corrected chi connectivity index (χ4v) is 3.12. The molecule has 1 atom stereocenters. The summed E-state index contributed by atoms with van der Waals surface area (Å²) in [4.78, 5) is 1.19. The van der Waals surface area contributed by atoms with Crippen molar-refractivity contribution in [3.63, 3.8) is 0 Å². The van der Waals surface area contributed by atoms with Gasteiger partial charge in [0.25, 0.3) is 0 Å². The fraction of sp³-hybridized carbons (Fsp3) is 0.200. The molecule has 1 nitrogen and oxygen atoms in total. The normalized spacial score (nSPS) is 12.4. The second-order valence-corrected chi connectivity index (χ2v) is 6.28. The van der Waals surface area contributed by atoms with E-state index in [0.717, 1.165) is 21.9 Å². The van der Waals surface area contributed by atoms with Crippen LogP contribution in [0, 0.1) is 0 Å².